The predicted molar refractivity (Wildman–Crippen MR) is 46.0 cm³/mol. The molecule has 2 rings (SSSR count). The average molecular weight is 170 g/mol. The summed E-state index contributed by atoms with van der Waals surface area (Å²) in [7, 11) is 0. The molecule has 4 unspecified atom stereocenters. The molecule has 0 aromatic rings. The Morgan fingerprint density at radius 1 is 1.58 bits per heavy atom. The van der Waals surface area contributed by atoms with Crippen LogP contribution in [0, 0.1) is 23.0 Å². The van der Waals surface area contributed by atoms with Crippen molar-refractivity contribution in [3.8, 4) is 0 Å². The molecule has 0 aromatic carbocycles. The Hall–Kier alpha value is -0.120. The molecule has 2 fully saturated rings. The van der Waals surface area contributed by atoms with E-state index in [0.29, 0.717) is 24.4 Å². The van der Waals surface area contributed by atoms with Gasteiger partial charge < -0.3 is 10.0 Å². The number of rotatable bonds is 1. The van der Waals surface area contributed by atoms with Crippen molar-refractivity contribution in [1.82, 2.24) is 5.23 Å². The fraction of sp³-hybridized carbons (Fsp3) is 1.00. The molecule has 3 nitrogen and oxygen atoms in total. The van der Waals surface area contributed by atoms with E-state index in [2.05, 4.69) is 13.8 Å². The Balaban J connectivity index is 2.13. The Labute approximate surface area is 73.2 Å². The quantitative estimate of drug-likeness (QED) is 0.601. The molecule has 70 valence electrons. The molecule has 12 heavy (non-hydrogen) atoms. The number of nitrogens with zero attached hydrogens (tertiary/aromatic N) is 1. The molecule has 1 saturated carbocycles. The first kappa shape index (κ1) is 8.48. The second-order valence-corrected chi connectivity index (χ2v) is 4.12. The van der Waals surface area contributed by atoms with Crippen molar-refractivity contribution in [3.63, 3.8) is 0 Å². The average Bonchev–Trinajstić information content (AvgIpc) is 2.56. The second-order valence-electron chi connectivity index (χ2n) is 4.12. The molecule has 1 heterocycles. The highest BCUT2D eigenvalue weighted by Gasteiger charge is 2.45. The van der Waals surface area contributed by atoms with Crippen molar-refractivity contribution in [1.29, 1.82) is 0 Å². The van der Waals surface area contributed by atoms with Crippen molar-refractivity contribution in [2.45, 2.75) is 32.7 Å². The predicted octanol–water partition coefficient (Wildman–Crippen LogP) is 1.78. The van der Waals surface area contributed by atoms with E-state index < -0.39 is 0 Å². The van der Waals surface area contributed by atoms with E-state index in [4.69, 9.17) is 4.84 Å². The van der Waals surface area contributed by atoms with Crippen LogP contribution in [-0.4, -0.2) is 17.9 Å². The van der Waals surface area contributed by atoms with Gasteiger partial charge >= 0.3 is 0 Å². The molecular weight excluding hydrogens is 154 g/mol. The van der Waals surface area contributed by atoms with Crippen LogP contribution >= 0.6 is 0 Å². The maximum Gasteiger partial charge on any atom is 0.0719 e. The maximum absolute atomic E-state index is 11.3. The molecule has 0 N–H and O–H groups in total. The Kier molecular flexibility index (Phi) is 2.10. The lowest BCUT2D eigenvalue weighted by Gasteiger charge is -2.31. The summed E-state index contributed by atoms with van der Waals surface area (Å²) in [4.78, 5) is 5.00. The lowest BCUT2D eigenvalue weighted by Crippen LogP contribution is -2.30. The van der Waals surface area contributed by atoms with Crippen LogP contribution in [0.2, 0.25) is 0 Å². The smallest absolute Gasteiger partial charge is 0.0719 e. The first-order valence-electron chi connectivity index (χ1n) is 4.83. The van der Waals surface area contributed by atoms with Gasteiger partial charge in [-0.2, -0.15) is 0 Å². The zero-order valence-electron chi connectivity index (χ0n) is 7.69. The SMILES string of the molecule is CCC1CC(C)C2CON([O-])C12. The van der Waals surface area contributed by atoms with Gasteiger partial charge in [0.15, 0.2) is 0 Å². The van der Waals surface area contributed by atoms with Crippen molar-refractivity contribution >= 4 is 0 Å². The van der Waals surface area contributed by atoms with Gasteiger partial charge in [0.25, 0.3) is 0 Å². The highest BCUT2D eigenvalue weighted by atomic mass is 16.9. The summed E-state index contributed by atoms with van der Waals surface area (Å²) in [6.45, 7) is 5.04. The molecule has 0 bridgehead atoms. The zero-order valence-corrected chi connectivity index (χ0v) is 7.69. The van der Waals surface area contributed by atoms with Crippen LogP contribution in [0.1, 0.15) is 26.7 Å². The van der Waals surface area contributed by atoms with Crippen LogP contribution in [0.25, 0.3) is 0 Å². The largest absolute Gasteiger partial charge is 0.762 e. The monoisotopic (exact) mass is 170 g/mol. The van der Waals surface area contributed by atoms with Crippen molar-refractivity contribution in [3.05, 3.63) is 5.21 Å². The minimum atomic E-state index is 0.157. The van der Waals surface area contributed by atoms with Crippen LogP contribution in [0.3, 0.4) is 0 Å². The third kappa shape index (κ3) is 1.08. The first-order chi connectivity index (χ1) is 5.74. The van der Waals surface area contributed by atoms with Crippen LogP contribution in [0.15, 0.2) is 0 Å². The summed E-state index contributed by atoms with van der Waals surface area (Å²) in [5.74, 6) is 1.72. The van der Waals surface area contributed by atoms with E-state index in [0.717, 1.165) is 11.6 Å². The summed E-state index contributed by atoms with van der Waals surface area (Å²) in [6.07, 6.45) is 2.31. The summed E-state index contributed by atoms with van der Waals surface area (Å²) >= 11 is 0. The Morgan fingerprint density at radius 2 is 2.33 bits per heavy atom. The number of hydrogen-bond donors (Lipinski definition) is 0. The molecule has 3 heteroatoms. The van der Waals surface area contributed by atoms with E-state index in [9.17, 15) is 5.21 Å². The zero-order chi connectivity index (χ0) is 8.72. The number of hydrogen-bond acceptors (Lipinski definition) is 3. The summed E-state index contributed by atoms with van der Waals surface area (Å²) < 4.78 is 0. The van der Waals surface area contributed by atoms with Crippen LogP contribution in [0.5, 0.6) is 0 Å². The molecule has 0 radical (unpaired) electrons. The van der Waals surface area contributed by atoms with Crippen LogP contribution in [0.4, 0.5) is 0 Å². The minimum absolute atomic E-state index is 0.157. The fourth-order valence-electron chi connectivity index (χ4n) is 2.72. The second kappa shape index (κ2) is 2.98. The Bertz CT molecular complexity index is 174. The van der Waals surface area contributed by atoms with Gasteiger partial charge in [-0.1, -0.05) is 20.3 Å². The first-order valence-corrected chi connectivity index (χ1v) is 4.83. The molecule has 0 amide bonds. The van der Waals surface area contributed by atoms with Crippen LogP contribution in [-0.2, 0) is 4.84 Å². The highest BCUT2D eigenvalue weighted by Crippen LogP contribution is 2.44. The fourth-order valence-corrected chi connectivity index (χ4v) is 2.72. The number of hydroxylamine groups is 2. The van der Waals surface area contributed by atoms with E-state index >= 15 is 0 Å². The van der Waals surface area contributed by atoms with Gasteiger partial charge in [-0.15, -0.1) is 0 Å². The molecule has 2 aliphatic rings. The van der Waals surface area contributed by atoms with Crippen LogP contribution < -0.4 is 0 Å². The molecule has 0 spiro atoms. The standard InChI is InChI=1S/C9H16NO2/c1-3-7-4-6(2)8-5-12-10(11)9(7)8/h6-9H,3-5H2,1-2H3/q-1. The highest BCUT2D eigenvalue weighted by molar-refractivity contribution is 4.95. The van der Waals surface area contributed by atoms with E-state index in [-0.39, 0.29) is 6.04 Å². The van der Waals surface area contributed by atoms with Crippen molar-refractivity contribution in [2.24, 2.45) is 17.8 Å². The van der Waals surface area contributed by atoms with E-state index in [1.165, 1.54) is 6.42 Å². The van der Waals surface area contributed by atoms with Gasteiger partial charge in [0.1, 0.15) is 0 Å². The van der Waals surface area contributed by atoms with Crippen molar-refractivity contribution < 1.29 is 4.84 Å². The van der Waals surface area contributed by atoms with Gasteiger partial charge in [-0.3, -0.25) is 5.23 Å². The summed E-state index contributed by atoms with van der Waals surface area (Å²) in [5, 5.41) is 12.1. The Morgan fingerprint density at radius 3 is 3.00 bits per heavy atom. The molecule has 1 aliphatic carbocycles. The molecule has 1 saturated heterocycles. The van der Waals surface area contributed by atoms with E-state index in [1.807, 2.05) is 0 Å². The number of fused-ring (bicyclic) bond motifs is 1. The maximum atomic E-state index is 11.3. The van der Waals surface area contributed by atoms with Crippen molar-refractivity contribution in [2.75, 3.05) is 6.61 Å². The topological polar surface area (TPSA) is 35.5 Å². The van der Waals surface area contributed by atoms with Gasteiger partial charge in [-0.05, 0) is 18.3 Å². The van der Waals surface area contributed by atoms with Gasteiger partial charge in [-0.25, -0.2) is 0 Å². The van der Waals surface area contributed by atoms with Gasteiger partial charge in [0.2, 0.25) is 0 Å². The normalized spacial score (nSPS) is 48.2. The van der Waals surface area contributed by atoms with Gasteiger partial charge in [0, 0.05) is 12.0 Å². The lowest BCUT2D eigenvalue weighted by molar-refractivity contribution is -0.0994. The third-order valence-corrected chi connectivity index (χ3v) is 3.49. The lowest BCUT2D eigenvalue weighted by atomic mass is 9.96. The molecule has 1 aliphatic heterocycles. The summed E-state index contributed by atoms with van der Waals surface area (Å²) in [6, 6.07) is 0.157. The molecule has 0 aromatic heterocycles. The molecule has 4 atom stereocenters. The minimum Gasteiger partial charge on any atom is -0.762 e. The van der Waals surface area contributed by atoms with E-state index in [1.54, 1.807) is 0 Å². The molecular formula is C9H16NO2-. The summed E-state index contributed by atoms with van der Waals surface area (Å²) in [5.41, 5.74) is 0. The third-order valence-electron chi connectivity index (χ3n) is 3.49. The van der Waals surface area contributed by atoms with Gasteiger partial charge in [0.05, 0.1) is 6.61 Å².